The summed E-state index contributed by atoms with van der Waals surface area (Å²) in [6.45, 7) is 0. The van der Waals surface area contributed by atoms with Crippen LogP contribution in [0.5, 0.6) is 51.7 Å². The Labute approximate surface area is 446 Å². The number of halogens is 22. The molecule has 0 saturated heterocycles. The highest BCUT2D eigenvalue weighted by Gasteiger charge is 2.56. The Morgan fingerprint density at radius 1 is 0.284 bits per heavy atom. The van der Waals surface area contributed by atoms with Gasteiger partial charge in [-0.25, -0.2) is 0 Å². The largest absolute Gasteiger partial charge is 0.534 e. The summed E-state index contributed by atoms with van der Waals surface area (Å²) in [4.78, 5) is 0. The Hall–Kier alpha value is -5.49. The summed E-state index contributed by atoms with van der Waals surface area (Å²) in [6, 6.07) is -3.45. The highest BCUT2D eigenvalue weighted by molar-refractivity contribution is 14.1. The van der Waals surface area contributed by atoms with Gasteiger partial charge in [0.1, 0.15) is 11.5 Å². The molecule has 0 aliphatic heterocycles. The predicted octanol–water partition coefficient (Wildman–Crippen LogP) is 7.88. The highest BCUT2D eigenvalue weighted by atomic mass is 127. The van der Waals surface area contributed by atoms with E-state index in [1.807, 2.05) is 0 Å². The third kappa shape index (κ3) is 13.2. The summed E-state index contributed by atoms with van der Waals surface area (Å²) in [7, 11) is -54.8. The monoisotopic (exact) mass is 1480 g/mol. The molecule has 0 N–H and O–H groups in total. The van der Waals surface area contributed by atoms with E-state index in [1.54, 1.807) is 0 Å². The number of methoxy groups -OCH3 is 2. The number of hydrogen-bond donors (Lipinski definition) is 0. The van der Waals surface area contributed by atoms with Crippen molar-refractivity contribution in [3.05, 3.63) is 27.8 Å². The van der Waals surface area contributed by atoms with Gasteiger partial charge in [0.15, 0.2) is 40.2 Å². The zero-order valence-electron chi connectivity index (χ0n) is 36.4. The lowest BCUT2D eigenvalue weighted by Gasteiger charge is -2.26. The van der Waals surface area contributed by atoms with Crippen molar-refractivity contribution in [3.63, 3.8) is 0 Å². The van der Waals surface area contributed by atoms with E-state index >= 15 is 0 Å². The van der Waals surface area contributed by atoms with Gasteiger partial charge in [-0.15, -0.1) is 0 Å². The second-order valence-electron chi connectivity index (χ2n) is 13.7. The molecule has 52 heteroatoms. The molecule has 0 saturated carbocycles. The van der Waals surface area contributed by atoms with Crippen molar-refractivity contribution in [1.29, 1.82) is 0 Å². The molecule has 0 aliphatic rings. The van der Waals surface area contributed by atoms with Gasteiger partial charge >= 0.3 is 109 Å². The number of ether oxygens (including phenoxy) is 2. The summed E-state index contributed by atoms with van der Waals surface area (Å²) in [6.07, 6.45) is 0. The van der Waals surface area contributed by atoms with Crippen molar-refractivity contribution in [3.8, 4) is 62.9 Å². The Bertz CT molecular complexity index is 4060. The summed E-state index contributed by atoms with van der Waals surface area (Å²) >= 11 is 0.526. The quantitative estimate of drug-likeness (QED) is 0.0420. The number of hydrogen-bond acceptors (Lipinski definition) is 23. The molecule has 0 spiro atoms. The van der Waals surface area contributed by atoms with Crippen molar-refractivity contribution >= 4 is 115 Å². The minimum Gasteiger partial charge on any atom is -0.496 e. The molecule has 0 unspecified atom stereocenters. The minimum absolute atomic E-state index is 0.0239. The van der Waals surface area contributed by atoms with Crippen LogP contribution >= 0.6 is 22.6 Å². The standard InChI is InChI=1S/C29H10F21IO23S7/c1-66-8-3-7(51)15-18(10(68-75(52,53)23(30,31)32)5-13(71-78(58,59)26(39,40)41)21(15)73-80(62,63)28(45,46)47)16(8)17-9(67-2)4-12(70-77(56,57)25(36,37)38)20-19(17)11(69-76(54,55)24(33,34)35)6-14(72-79(60,61)27(42,43)44)22(20)74-81(64,65)29(48,49)50/h3-6H,1-2H3. The molecule has 0 radical (unpaired) electrons. The summed E-state index contributed by atoms with van der Waals surface area (Å²) in [5, 5.41) is -10.8. The zero-order chi connectivity index (χ0) is 63.4. The summed E-state index contributed by atoms with van der Waals surface area (Å²) < 4.78 is 501. The van der Waals surface area contributed by atoms with Crippen molar-refractivity contribution in [1.82, 2.24) is 0 Å². The minimum atomic E-state index is -8.05. The van der Waals surface area contributed by atoms with Gasteiger partial charge in [0, 0.05) is 49.1 Å². The summed E-state index contributed by atoms with van der Waals surface area (Å²) in [5.74, 6) is -25.4. The molecule has 0 fully saturated rings. The topological polar surface area (TPSA) is 322 Å². The lowest BCUT2D eigenvalue weighted by molar-refractivity contribution is -0.0513. The smallest absolute Gasteiger partial charge is 0.496 e. The van der Waals surface area contributed by atoms with Crippen LogP contribution in [-0.2, 0) is 70.8 Å². The van der Waals surface area contributed by atoms with Crippen LogP contribution in [0, 0.1) is 3.57 Å². The lowest BCUT2D eigenvalue weighted by atomic mass is 9.90. The first-order chi connectivity index (χ1) is 35.7. The van der Waals surface area contributed by atoms with E-state index < -0.39 is 216 Å². The maximum Gasteiger partial charge on any atom is 0.534 e. The Morgan fingerprint density at radius 2 is 0.481 bits per heavy atom. The van der Waals surface area contributed by atoms with Crippen LogP contribution in [-0.4, -0.2) is 112 Å². The maximum atomic E-state index is 14.1. The van der Waals surface area contributed by atoms with Gasteiger partial charge in [-0.05, 0) is 28.7 Å². The lowest BCUT2D eigenvalue weighted by Crippen LogP contribution is -2.31. The van der Waals surface area contributed by atoms with Gasteiger partial charge in [0.2, 0.25) is 0 Å². The molecule has 0 aromatic heterocycles. The van der Waals surface area contributed by atoms with Gasteiger partial charge in [-0.3, -0.25) is 0 Å². The average Bonchev–Trinajstić information content (AvgIpc) is 3.22. The first kappa shape index (κ1) is 68.0. The van der Waals surface area contributed by atoms with Crippen molar-refractivity contribution < 1.29 is 190 Å². The molecule has 23 nitrogen and oxygen atoms in total. The van der Waals surface area contributed by atoms with Crippen molar-refractivity contribution in [2.45, 2.75) is 38.6 Å². The van der Waals surface area contributed by atoms with Gasteiger partial charge < -0.3 is 38.8 Å². The fraction of sp³-hybridized carbons (Fsp3) is 0.310. The molecule has 4 aromatic rings. The van der Waals surface area contributed by atoms with E-state index in [0.717, 1.165) is 0 Å². The number of fused-ring (bicyclic) bond motifs is 2. The van der Waals surface area contributed by atoms with E-state index in [-0.39, 0.29) is 20.3 Å². The third-order valence-electron chi connectivity index (χ3n) is 8.47. The molecule has 0 atom stereocenters. The number of benzene rings is 4. The van der Waals surface area contributed by atoms with E-state index in [9.17, 15) is 151 Å². The molecule has 81 heavy (non-hydrogen) atoms. The third-order valence-corrected chi connectivity index (χ3v) is 16.1. The summed E-state index contributed by atoms with van der Waals surface area (Å²) in [5.41, 5.74) is -54.1. The normalized spacial score (nSPS) is 14.4. The van der Waals surface area contributed by atoms with E-state index in [4.69, 9.17) is 9.47 Å². The predicted molar refractivity (Wildman–Crippen MR) is 222 cm³/mol. The van der Waals surface area contributed by atoms with Gasteiger partial charge in [-0.1, -0.05) is 0 Å². The second kappa shape index (κ2) is 20.7. The van der Waals surface area contributed by atoms with Crippen LogP contribution in [0.2, 0.25) is 0 Å². The van der Waals surface area contributed by atoms with Crippen LogP contribution < -0.4 is 38.8 Å². The second-order valence-corrected chi connectivity index (χ2v) is 25.6. The van der Waals surface area contributed by atoms with E-state index in [0.29, 0.717) is 22.6 Å². The first-order valence-electron chi connectivity index (χ1n) is 17.8. The van der Waals surface area contributed by atoms with Gasteiger partial charge in [0.05, 0.1) is 19.6 Å². The Kier molecular flexibility index (Phi) is 17.4. The average molecular weight is 1480 g/mol. The van der Waals surface area contributed by atoms with Crippen LogP contribution in [0.1, 0.15) is 0 Å². The van der Waals surface area contributed by atoms with Crippen LogP contribution in [0.3, 0.4) is 0 Å². The van der Waals surface area contributed by atoms with Crippen LogP contribution in [0.15, 0.2) is 24.3 Å². The van der Waals surface area contributed by atoms with Crippen LogP contribution in [0.4, 0.5) is 92.2 Å². The molecule has 4 aromatic carbocycles. The molecule has 460 valence electrons. The maximum absolute atomic E-state index is 14.1. The molecule has 0 bridgehead atoms. The fourth-order valence-electron chi connectivity index (χ4n) is 5.41. The van der Waals surface area contributed by atoms with Crippen LogP contribution in [0.25, 0.3) is 32.7 Å². The molecule has 0 heterocycles. The fourth-order valence-corrected chi connectivity index (χ4v) is 9.46. The number of rotatable bonds is 17. The van der Waals surface area contributed by atoms with E-state index in [2.05, 4.69) is 29.3 Å². The van der Waals surface area contributed by atoms with Crippen molar-refractivity contribution in [2.75, 3.05) is 14.2 Å². The first-order valence-corrected chi connectivity index (χ1v) is 28.7. The number of alkyl halides is 21. The molecule has 4 rings (SSSR count). The molecular weight excluding hydrogens is 1470 g/mol. The SMILES string of the molecule is COc1cc(I)c2c(OS(=O)(=O)C(F)(F)F)c(OS(=O)(=O)C(F)(F)F)cc(OS(=O)(=O)C(F)(F)F)c2c1-c1c(OC)cc(OS(=O)(=O)C(F)(F)F)c2c(OS(=O)(=O)C(F)(F)F)c(OS(=O)(=O)C(F)(F)F)cc(OS(=O)(=O)C(F)(F)F)c12. The molecule has 0 amide bonds. The molecular formula is C29H10F21IO23S7. The van der Waals surface area contributed by atoms with Gasteiger partial charge in [-0.2, -0.15) is 151 Å². The Balaban J connectivity index is 2.83. The van der Waals surface area contributed by atoms with Crippen molar-refractivity contribution in [2.24, 2.45) is 0 Å². The van der Waals surface area contributed by atoms with Gasteiger partial charge in [0.25, 0.3) is 0 Å². The Morgan fingerprint density at radius 3 is 0.741 bits per heavy atom. The molecule has 0 aliphatic carbocycles. The zero-order valence-corrected chi connectivity index (χ0v) is 44.2. The highest BCUT2D eigenvalue weighted by Crippen LogP contribution is 2.60. The van der Waals surface area contributed by atoms with E-state index in [1.165, 1.54) is 0 Å².